The monoisotopic (exact) mass is 558 g/mol. The molecule has 3 rings (SSSR count). The highest BCUT2D eigenvalue weighted by atomic mass is 16.6. The second kappa shape index (κ2) is 19.4. The van der Waals surface area contributed by atoms with E-state index in [4.69, 9.17) is 37.9 Å². The number of ether oxygens (including phenoxy) is 8. The van der Waals surface area contributed by atoms with Crippen LogP contribution < -0.4 is 18.9 Å². The molecule has 3 aromatic carbocycles. The number of phenols is 2. The molecular weight excluding hydrogens is 520 g/mol. The van der Waals surface area contributed by atoms with Crippen LogP contribution in [0, 0.1) is 0 Å². The summed E-state index contributed by atoms with van der Waals surface area (Å²) in [5, 5.41) is 19.3. The van der Waals surface area contributed by atoms with Crippen LogP contribution in [0.15, 0.2) is 72.8 Å². The summed E-state index contributed by atoms with van der Waals surface area (Å²) in [6.07, 6.45) is 0. The second-order valence-corrected chi connectivity index (χ2v) is 8.23. The third-order valence-corrected chi connectivity index (χ3v) is 5.26. The topological polar surface area (TPSA) is 114 Å². The Labute approximate surface area is 234 Å². The smallest absolute Gasteiger partial charge is 0.161 e. The normalized spacial score (nSPS) is 10.8. The van der Waals surface area contributed by atoms with Gasteiger partial charge >= 0.3 is 0 Å². The first-order chi connectivity index (χ1) is 19.7. The minimum absolute atomic E-state index is 0.109. The Kier molecular flexibility index (Phi) is 14.9. The van der Waals surface area contributed by atoms with Crippen LogP contribution in [0.25, 0.3) is 0 Å². The number of aromatic hydroxyl groups is 2. The van der Waals surface area contributed by atoms with E-state index in [0.717, 1.165) is 0 Å². The second-order valence-electron chi connectivity index (χ2n) is 8.23. The van der Waals surface area contributed by atoms with Crippen LogP contribution in [0.4, 0.5) is 0 Å². The summed E-state index contributed by atoms with van der Waals surface area (Å²) in [5.41, 5.74) is 0. The molecule has 0 aliphatic heterocycles. The molecule has 0 atom stereocenters. The first-order valence-electron chi connectivity index (χ1n) is 13.2. The number of hydrogen-bond donors (Lipinski definition) is 2. The predicted molar refractivity (Wildman–Crippen MR) is 148 cm³/mol. The molecule has 0 spiro atoms. The molecular formula is C30H38O10. The summed E-state index contributed by atoms with van der Waals surface area (Å²) in [6.45, 7) is 4.77. The van der Waals surface area contributed by atoms with Crippen LogP contribution >= 0.6 is 0 Å². The number of para-hydroxylation sites is 6. The van der Waals surface area contributed by atoms with E-state index in [1.807, 2.05) is 24.3 Å². The standard InChI is InChI=1S/C30H38O10/c31-25-7-1-3-9-27(25)37-21-17-33-13-15-35-19-23-39-29-11-5-6-12-30(29)40-24-20-36-16-14-34-18-22-38-28-10-4-2-8-26(28)32/h1-12,31-32H,13-24H2. The zero-order valence-corrected chi connectivity index (χ0v) is 22.6. The molecule has 0 bridgehead atoms. The number of rotatable bonds is 22. The summed E-state index contributed by atoms with van der Waals surface area (Å²) in [6, 6.07) is 21.1. The van der Waals surface area contributed by atoms with Crippen molar-refractivity contribution in [1.82, 2.24) is 0 Å². The van der Waals surface area contributed by atoms with E-state index in [9.17, 15) is 10.2 Å². The summed E-state index contributed by atoms with van der Waals surface area (Å²) in [5.74, 6) is 2.36. The van der Waals surface area contributed by atoms with E-state index in [-0.39, 0.29) is 11.5 Å². The maximum atomic E-state index is 9.65. The van der Waals surface area contributed by atoms with Gasteiger partial charge in [0.2, 0.25) is 0 Å². The van der Waals surface area contributed by atoms with Gasteiger partial charge in [-0.15, -0.1) is 0 Å². The van der Waals surface area contributed by atoms with E-state index in [1.165, 1.54) is 0 Å². The Bertz CT molecular complexity index is 993. The Hall–Kier alpha value is -3.70. The Morgan fingerprint density at radius 3 is 0.900 bits per heavy atom. The van der Waals surface area contributed by atoms with Crippen molar-refractivity contribution in [3.05, 3.63) is 72.8 Å². The molecule has 0 aliphatic rings. The lowest BCUT2D eigenvalue weighted by molar-refractivity contribution is 0.0245. The largest absolute Gasteiger partial charge is 0.504 e. The van der Waals surface area contributed by atoms with Gasteiger partial charge in [0.1, 0.15) is 26.4 Å². The minimum Gasteiger partial charge on any atom is -0.504 e. The van der Waals surface area contributed by atoms with Gasteiger partial charge in [-0.1, -0.05) is 36.4 Å². The lowest BCUT2D eigenvalue weighted by Gasteiger charge is -2.13. The fourth-order valence-corrected chi connectivity index (χ4v) is 3.33. The quantitative estimate of drug-likeness (QED) is 0.175. The van der Waals surface area contributed by atoms with E-state index in [1.54, 1.807) is 48.5 Å². The molecule has 0 unspecified atom stereocenters. The molecule has 0 aromatic heterocycles. The van der Waals surface area contributed by atoms with Crippen molar-refractivity contribution < 1.29 is 48.1 Å². The van der Waals surface area contributed by atoms with Gasteiger partial charge in [-0.3, -0.25) is 0 Å². The SMILES string of the molecule is Oc1ccccc1OCCOCCOCCOc1ccccc1OCCOCCOCCOc1ccccc1O. The number of phenolic OH excluding ortho intramolecular Hbond substituents is 2. The average molecular weight is 559 g/mol. The van der Waals surface area contributed by atoms with E-state index in [0.29, 0.717) is 102 Å². The van der Waals surface area contributed by atoms with Crippen molar-refractivity contribution in [3.63, 3.8) is 0 Å². The van der Waals surface area contributed by atoms with Crippen LogP contribution in [0.2, 0.25) is 0 Å². The molecule has 3 aromatic rings. The van der Waals surface area contributed by atoms with Crippen LogP contribution in [0.1, 0.15) is 0 Å². The van der Waals surface area contributed by atoms with Gasteiger partial charge in [0.15, 0.2) is 34.5 Å². The highest BCUT2D eigenvalue weighted by molar-refractivity contribution is 5.40. The highest BCUT2D eigenvalue weighted by Gasteiger charge is 2.05. The van der Waals surface area contributed by atoms with E-state index >= 15 is 0 Å². The molecule has 2 N–H and O–H groups in total. The van der Waals surface area contributed by atoms with Gasteiger partial charge in [-0.2, -0.15) is 0 Å². The lowest BCUT2D eigenvalue weighted by atomic mass is 10.3. The van der Waals surface area contributed by atoms with Crippen molar-refractivity contribution in [2.75, 3.05) is 79.3 Å². The number of benzene rings is 3. The fraction of sp³-hybridized carbons (Fsp3) is 0.400. The molecule has 0 radical (unpaired) electrons. The molecule has 0 saturated heterocycles. The van der Waals surface area contributed by atoms with Crippen LogP contribution in [0.3, 0.4) is 0 Å². The van der Waals surface area contributed by atoms with Gasteiger partial charge in [0, 0.05) is 0 Å². The Morgan fingerprint density at radius 2 is 0.575 bits per heavy atom. The van der Waals surface area contributed by atoms with Crippen LogP contribution in [-0.4, -0.2) is 89.5 Å². The number of hydrogen-bond acceptors (Lipinski definition) is 10. The molecule has 10 heteroatoms. The third-order valence-electron chi connectivity index (χ3n) is 5.26. The lowest BCUT2D eigenvalue weighted by Crippen LogP contribution is -2.14. The molecule has 40 heavy (non-hydrogen) atoms. The first-order valence-corrected chi connectivity index (χ1v) is 13.2. The van der Waals surface area contributed by atoms with Crippen molar-refractivity contribution in [2.24, 2.45) is 0 Å². The maximum Gasteiger partial charge on any atom is 0.161 e. The molecule has 10 nitrogen and oxygen atoms in total. The summed E-state index contributed by atoms with van der Waals surface area (Å²) in [7, 11) is 0. The zero-order valence-electron chi connectivity index (χ0n) is 22.6. The maximum absolute atomic E-state index is 9.65. The molecule has 218 valence electrons. The molecule has 0 amide bonds. The van der Waals surface area contributed by atoms with Crippen molar-refractivity contribution in [1.29, 1.82) is 0 Å². The molecule has 0 aliphatic carbocycles. The average Bonchev–Trinajstić information content (AvgIpc) is 2.97. The van der Waals surface area contributed by atoms with Gasteiger partial charge in [-0.25, -0.2) is 0 Å². The zero-order chi connectivity index (χ0) is 28.1. The summed E-state index contributed by atoms with van der Waals surface area (Å²) >= 11 is 0. The van der Waals surface area contributed by atoms with Gasteiger partial charge in [-0.05, 0) is 36.4 Å². The van der Waals surface area contributed by atoms with Crippen molar-refractivity contribution in [3.8, 4) is 34.5 Å². The molecule has 0 saturated carbocycles. The molecule has 0 fully saturated rings. The van der Waals surface area contributed by atoms with Crippen molar-refractivity contribution in [2.45, 2.75) is 0 Å². The molecule has 0 heterocycles. The van der Waals surface area contributed by atoms with Crippen LogP contribution in [-0.2, 0) is 18.9 Å². The minimum atomic E-state index is 0.109. The van der Waals surface area contributed by atoms with Crippen molar-refractivity contribution >= 4 is 0 Å². The van der Waals surface area contributed by atoms with E-state index in [2.05, 4.69) is 0 Å². The van der Waals surface area contributed by atoms with Gasteiger partial charge < -0.3 is 48.1 Å². The van der Waals surface area contributed by atoms with Crippen LogP contribution in [0.5, 0.6) is 34.5 Å². The fourth-order valence-electron chi connectivity index (χ4n) is 3.33. The van der Waals surface area contributed by atoms with E-state index < -0.39 is 0 Å². The summed E-state index contributed by atoms with van der Waals surface area (Å²) < 4.78 is 44.5. The highest BCUT2D eigenvalue weighted by Crippen LogP contribution is 2.26. The Balaban J connectivity index is 1.13. The predicted octanol–water partition coefficient (Wildman–Crippen LogP) is 4.08. The Morgan fingerprint density at radius 1 is 0.325 bits per heavy atom. The summed E-state index contributed by atoms with van der Waals surface area (Å²) in [4.78, 5) is 0. The first kappa shape index (κ1) is 30.8. The third kappa shape index (κ3) is 12.4. The van der Waals surface area contributed by atoms with Gasteiger partial charge in [0.25, 0.3) is 0 Å². The van der Waals surface area contributed by atoms with Gasteiger partial charge in [0.05, 0.1) is 52.9 Å².